The van der Waals surface area contributed by atoms with E-state index in [2.05, 4.69) is 0 Å². The molecule has 3 aliphatic heterocycles. The van der Waals surface area contributed by atoms with Crippen molar-refractivity contribution in [1.82, 2.24) is 9.80 Å². The standard InChI is InChI=1S/C17H19N3O4/c1-24-12-9-14-16(22)20(17(23)19(14)10-12)13-7-8-18(15(13)21)11-5-3-2-4-6-11/h2-6,12-14H,7-10H2,1H3/t12-,13-,14+/m1/s1. The fourth-order valence-corrected chi connectivity index (χ4v) is 3.86. The molecule has 0 radical (unpaired) electrons. The number of para-hydroxylation sites is 1. The van der Waals surface area contributed by atoms with Gasteiger partial charge in [-0.1, -0.05) is 18.2 Å². The lowest BCUT2D eigenvalue weighted by molar-refractivity contribution is -0.134. The van der Waals surface area contributed by atoms with Crippen LogP contribution in [0.5, 0.6) is 0 Å². The van der Waals surface area contributed by atoms with Gasteiger partial charge in [0.05, 0.1) is 6.10 Å². The van der Waals surface area contributed by atoms with Gasteiger partial charge in [-0.2, -0.15) is 0 Å². The number of imide groups is 1. The molecule has 4 rings (SSSR count). The number of carbonyl (C=O) groups is 3. The van der Waals surface area contributed by atoms with E-state index >= 15 is 0 Å². The van der Waals surface area contributed by atoms with Crippen molar-refractivity contribution in [1.29, 1.82) is 0 Å². The van der Waals surface area contributed by atoms with E-state index in [0.717, 1.165) is 5.69 Å². The summed E-state index contributed by atoms with van der Waals surface area (Å²) in [6.07, 6.45) is 0.866. The Hall–Kier alpha value is -2.41. The topological polar surface area (TPSA) is 70.2 Å². The quantitative estimate of drug-likeness (QED) is 0.771. The summed E-state index contributed by atoms with van der Waals surface area (Å²) in [6.45, 7) is 0.918. The highest BCUT2D eigenvalue weighted by Gasteiger charge is 2.55. The predicted octanol–water partition coefficient (Wildman–Crippen LogP) is 0.843. The van der Waals surface area contributed by atoms with E-state index in [0.29, 0.717) is 25.9 Å². The van der Waals surface area contributed by atoms with Crippen LogP contribution in [-0.2, 0) is 14.3 Å². The van der Waals surface area contributed by atoms with Crippen molar-refractivity contribution in [2.24, 2.45) is 0 Å². The molecule has 24 heavy (non-hydrogen) atoms. The number of benzene rings is 1. The highest BCUT2D eigenvalue weighted by molar-refractivity contribution is 6.11. The average molecular weight is 329 g/mol. The third kappa shape index (κ3) is 2.11. The maximum absolute atomic E-state index is 12.8. The van der Waals surface area contributed by atoms with Crippen molar-refractivity contribution in [2.45, 2.75) is 31.0 Å². The van der Waals surface area contributed by atoms with Crippen molar-refractivity contribution in [3.63, 3.8) is 0 Å². The Morgan fingerprint density at radius 2 is 1.79 bits per heavy atom. The van der Waals surface area contributed by atoms with Crippen LogP contribution in [0.15, 0.2) is 30.3 Å². The summed E-state index contributed by atoms with van der Waals surface area (Å²) in [5.41, 5.74) is 0.795. The number of fused-ring (bicyclic) bond motifs is 1. The van der Waals surface area contributed by atoms with Crippen LogP contribution in [0.25, 0.3) is 0 Å². The molecule has 7 heteroatoms. The maximum atomic E-state index is 12.8. The Bertz CT molecular complexity index is 668. The third-order valence-corrected chi connectivity index (χ3v) is 5.13. The molecule has 0 unspecified atom stereocenters. The van der Waals surface area contributed by atoms with E-state index in [9.17, 15) is 14.4 Å². The highest BCUT2D eigenvalue weighted by atomic mass is 16.5. The highest BCUT2D eigenvalue weighted by Crippen LogP contribution is 2.33. The van der Waals surface area contributed by atoms with Crippen molar-refractivity contribution in [3.05, 3.63) is 30.3 Å². The molecule has 3 atom stereocenters. The first-order chi connectivity index (χ1) is 11.6. The second-order valence-electron chi connectivity index (χ2n) is 6.38. The molecule has 3 heterocycles. The van der Waals surface area contributed by atoms with Gasteiger partial charge in [0.1, 0.15) is 12.1 Å². The fourth-order valence-electron chi connectivity index (χ4n) is 3.86. The molecule has 126 valence electrons. The number of rotatable bonds is 3. The van der Waals surface area contributed by atoms with Gasteiger partial charge in [-0.25, -0.2) is 9.69 Å². The van der Waals surface area contributed by atoms with Crippen LogP contribution in [-0.4, -0.2) is 66.0 Å². The van der Waals surface area contributed by atoms with Gasteiger partial charge in [0, 0.05) is 32.3 Å². The number of methoxy groups -OCH3 is 1. The molecular weight excluding hydrogens is 310 g/mol. The number of urea groups is 1. The van der Waals surface area contributed by atoms with Crippen LogP contribution in [0.4, 0.5) is 10.5 Å². The summed E-state index contributed by atoms with van der Waals surface area (Å²) in [5, 5.41) is 0. The largest absolute Gasteiger partial charge is 0.380 e. The van der Waals surface area contributed by atoms with E-state index in [-0.39, 0.29) is 23.9 Å². The Morgan fingerprint density at radius 3 is 2.46 bits per heavy atom. The first-order valence-corrected chi connectivity index (χ1v) is 8.14. The lowest BCUT2D eigenvalue weighted by Gasteiger charge is -2.23. The normalized spacial score (nSPS) is 29.8. The molecule has 1 aromatic rings. The molecule has 0 N–H and O–H groups in total. The van der Waals surface area contributed by atoms with Gasteiger partial charge in [0.15, 0.2) is 0 Å². The van der Waals surface area contributed by atoms with Gasteiger partial charge in [-0.15, -0.1) is 0 Å². The first kappa shape index (κ1) is 15.1. The van der Waals surface area contributed by atoms with Crippen LogP contribution in [0, 0.1) is 0 Å². The summed E-state index contributed by atoms with van der Waals surface area (Å²) in [6, 6.07) is 7.78. The van der Waals surface area contributed by atoms with Gasteiger partial charge in [0.25, 0.3) is 5.91 Å². The van der Waals surface area contributed by atoms with Crippen LogP contribution in [0.2, 0.25) is 0 Å². The van der Waals surface area contributed by atoms with Crippen molar-refractivity contribution < 1.29 is 19.1 Å². The molecule has 0 aromatic heterocycles. The molecule has 0 aliphatic carbocycles. The summed E-state index contributed by atoms with van der Waals surface area (Å²) >= 11 is 0. The SMILES string of the molecule is CO[C@@H]1C[C@H]2C(=O)N([C@@H]3CCN(c4ccccc4)C3=O)C(=O)N2C1. The molecule has 7 nitrogen and oxygen atoms in total. The van der Waals surface area contributed by atoms with E-state index in [1.165, 1.54) is 9.80 Å². The van der Waals surface area contributed by atoms with Crippen molar-refractivity contribution in [3.8, 4) is 0 Å². The molecule has 0 saturated carbocycles. The number of amides is 4. The third-order valence-electron chi connectivity index (χ3n) is 5.13. The van der Waals surface area contributed by atoms with Crippen molar-refractivity contribution >= 4 is 23.5 Å². The smallest absolute Gasteiger partial charge is 0.328 e. The minimum Gasteiger partial charge on any atom is -0.380 e. The molecule has 3 aliphatic rings. The second-order valence-corrected chi connectivity index (χ2v) is 6.38. The number of anilines is 1. The average Bonchev–Trinajstić information content (AvgIpc) is 3.25. The minimum atomic E-state index is -0.697. The number of hydrogen-bond acceptors (Lipinski definition) is 4. The lowest BCUT2D eigenvalue weighted by Crippen LogP contribution is -2.47. The van der Waals surface area contributed by atoms with Gasteiger partial charge in [-0.3, -0.25) is 9.59 Å². The van der Waals surface area contributed by atoms with Crippen LogP contribution in [0.1, 0.15) is 12.8 Å². The van der Waals surface area contributed by atoms with Gasteiger partial charge >= 0.3 is 6.03 Å². The summed E-state index contributed by atoms with van der Waals surface area (Å²) in [5.74, 6) is -0.458. The number of hydrogen-bond donors (Lipinski definition) is 0. The zero-order valence-corrected chi connectivity index (χ0v) is 13.4. The van der Waals surface area contributed by atoms with E-state index in [1.54, 1.807) is 12.0 Å². The molecule has 3 saturated heterocycles. The van der Waals surface area contributed by atoms with Gasteiger partial charge in [-0.05, 0) is 18.6 Å². The maximum Gasteiger partial charge on any atom is 0.328 e. The van der Waals surface area contributed by atoms with Crippen LogP contribution >= 0.6 is 0 Å². The van der Waals surface area contributed by atoms with Crippen LogP contribution in [0.3, 0.4) is 0 Å². The zero-order valence-electron chi connectivity index (χ0n) is 13.4. The molecule has 1 aromatic carbocycles. The second kappa shape index (κ2) is 5.59. The zero-order chi connectivity index (χ0) is 16.8. The Balaban J connectivity index is 1.54. The molecule has 0 spiro atoms. The fraction of sp³-hybridized carbons (Fsp3) is 0.471. The number of ether oxygens (including phenoxy) is 1. The summed E-state index contributed by atoms with van der Waals surface area (Å²) in [7, 11) is 1.58. The van der Waals surface area contributed by atoms with E-state index < -0.39 is 12.1 Å². The molecular formula is C17H19N3O4. The Morgan fingerprint density at radius 1 is 1.04 bits per heavy atom. The Kier molecular flexibility index (Phi) is 3.53. The molecule has 4 amide bonds. The number of nitrogens with zero attached hydrogens (tertiary/aromatic N) is 3. The van der Waals surface area contributed by atoms with E-state index in [4.69, 9.17) is 4.74 Å². The minimum absolute atomic E-state index is 0.106. The molecule has 0 bridgehead atoms. The van der Waals surface area contributed by atoms with E-state index in [1.807, 2.05) is 30.3 Å². The predicted molar refractivity (Wildman–Crippen MR) is 85.4 cm³/mol. The summed E-state index contributed by atoms with van der Waals surface area (Å²) < 4.78 is 5.26. The van der Waals surface area contributed by atoms with Gasteiger partial charge < -0.3 is 14.5 Å². The van der Waals surface area contributed by atoms with Gasteiger partial charge in [0.2, 0.25) is 5.91 Å². The first-order valence-electron chi connectivity index (χ1n) is 8.14. The van der Waals surface area contributed by atoms with Crippen molar-refractivity contribution in [2.75, 3.05) is 25.1 Å². The summed E-state index contributed by atoms with van der Waals surface area (Å²) in [4.78, 5) is 42.4. The molecule has 3 fully saturated rings. The number of carbonyl (C=O) groups excluding carboxylic acids is 3. The monoisotopic (exact) mass is 329 g/mol. The van der Waals surface area contributed by atoms with Crippen LogP contribution < -0.4 is 4.90 Å². The Labute approximate surface area is 139 Å². The lowest BCUT2D eigenvalue weighted by atomic mass is 10.1.